The van der Waals surface area contributed by atoms with E-state index >= 15 is 0 Å². The normalized spacial score (nSPS) is 12.7. The highest BCUT2D eigenvalue weighted by Crippen LogP contribution is 2.28. The number of anilines is 4. The Morgan fingerprint density at radius 3 is 2.66 bits per heavy atom. The van der Waals surface area contributed by atoms with Gasteiger partial charge in [0.2, 0.25) is 5.95 Å². The highest BCUT2D eigenvalue weighted by molar-refractivity contribution is 7.90. The van der Waals surface area contributed by atoms with Crippen LogP contribution in [0, 0.1) is 6.92 Å². The smallest absolute Gasteiger partial charge is 0.229 e. The third-order valence-electron chi connectivity index (χ3n) is 5.74. The lowest BCUT2D eigenvalue weighted by molar-refractivity contribution is 0.592. The molecule has 166 valence electrons. The van der Waals surface area contributed by atoms with Gasteiger partial charge in [-0.25, -0.2) is 13.4 Å². The zero-order valence-corrected chi connectivity index (χ0v) is 19.6. The molecule has 0 radical (unpaired) electrons. The van der Waals surface area contributed by atoms with E-state index in [-0.39, 0.29) is 0 Å². The van der Waals surface area contributed by atoms with E-state index in [4.69, 9.17) is 0 Å². The van der Waals surface area contributed by atoms with Crippen molar-refractivity contribution < 1.29 is 8.42 Å². The SMILES string of the molecule is Cc1c2ccc(N(C)c3ccnc(Nc4cccc(C(C)S(C)(=O)=O)c4)n3)cc2nn1C. The van der Waals surface area contributed by atoms with Crippen molar-refractivity contribution in [3.8, 4) is 0 Å². The summed E-state index contributed by atoms with van der Waals surface area (Å²) in [4.78, 5) is 10.9. The summed E-state index contributed by atoms with van der Waals surface area (Å²) < 4.78 is 25.7. The number of aryl methyl sites for hydroxylation is 2. The second kappa shape index (κ2) is 8.23. The van der Waals surface area contributed by atoms with Crippen LogP contribution in [0.5, 0.6) is 0 Å². The van der Waals surface area contributed by atoms with Crippen LogP contribution < -0.4 is 10.2 Å². The Hall–Kier alpha value is -3.46. The molecule has 1 unspecified atom stereocenters. The second-order valence-corrected chi connectivity index (χ2v) is 10.3. The standard InChI is InChI=1S/C23H26N6O2S/c1-15-20-10-9-19(14-21(20)27-29(15)4)28(3)22-11-12-24-23(26-22)25-18-8-6-7-17(13-18)16(2)32(5,30)31/h6-14,16H,1-5H3,(H,24,25,26). The molecule has 4 rings (SSSR count). The van der Waals surface area contributed by atoms with Gasteiger partial charge >= 0.3 is 0 Å². The minimum atomic E-state index is -3.18. The Morgan fingerprint density at radius 2 is 1.91 bits per heavy atom. The summed E-state index contributed by atoms with van der Waals surface area (Å²) in [5, 5.41) is 8.28. The Labute approximate surface area is 187 Å². The molecule has 2 aromatic carbocycles. The third-order valence-corrected chi connectivity index (χ3v) is 7.30. The Bertz CT molecular complexity index is 1400. The average Bonchev–Trinajstić information content (AvgIpc) is 3.05. The van der Waals surface area contributed by atoms with Crippen LogP contribution in [0.15, 0.2) is 54.7 Å². The van der Waals surface area contributed by atoms with Gasteiger partial charge in [-0.1, -0.05) is 12.1 Å². The van der Waals surface area contributed by atoms with E-state index in [1.807, 2.05) is 67.0 Å². The van der Waals surface area contributed by atoms with Crippen molar-refractivity contribution in [3.05, 3.63) is 66.0 Å². The first-order valence-corrected chi connectivity index (χ1v) is 12.1. The van der Waals surface area contributed by atoms with E-state index in [1.54, 1.807) is 19.2 Å². The van der Waals surface area contributed by atoms with Gasteiger partial charge in [-0.05, 0) is 55.8 Å². The summed E-state index contributed by atoms with van der Waals surface area (Å²) in [6, 6.07) is 15.3. The molecule has 0 fully saturated rings. The molecule has 2 heterocycles. The molecule has 2 aromatic heterocycles. The van der Waals surface area contributed by atoms with Crippen molar-refractivity contribution in [2.45, 2.75) is 19.1 Å². The summed E-state index contributed by atoms with van der Waals surface area (Å²) in [7, 11) is 0.696. The van der Waals surface area contributed by atoms with Crippen LogP contribution >= 0.6 is 0 Å². The maximum atomic E-state index is 11.9. The van der Waals surface area contributed by atoms with Gasteiger partial charge in [0.1, 0.15) is 5.82 Å². The maximum absolute atomic E-state index is 11.9. The number of sulfone groups is 1. The molecular formula is C23H26N6O2S. The molecule has 0 saturated carbocycles. The van der Waals surface area contributed by atoms with E-state index in [2.05, 4.69) is 26.4 Å². The highest BCUT2D eigenvalue weighted by Gasteiger charge is 2.17. The number of aromatic nitrogens is 4. The molecule has 0 amide bonds. The minimum Gasteiger partial charge on any atom is -0.329 e. The Kier molecular flexibility index (Phi) is 5.60. The molecule has 0 aliphatic carbocycles. The first kappa shape index (κ1) is 21.8. The average molecular weight is 451 g/mol. The largest absolute Gasteiger partial charge is 0.329 e. The van der Waals surface area contributed by atoms with Crippen molar-refractivity contribution >= 4 is 43.9 Å². The molecule has 1 atom stereocenters. The van der Waals surface area contributed by atoms with Gasteiger partial charge in [0.25, 0.3) is 0 Å². The van der Waals surface area contributed by atoms with Crippen molar-refractivity contribution in [2.75, 3.05) is 23.5 Å². The molecule has 0 bridgehead atoms. The molecule has 9 heteroatoms. The maximum Gasteiger partial charge on any atom is 0.229 e. The number of rotatable bonds is 6. The fourth-order valence-corrected chi connectivity index (χ4v) is 4.14. The lowest BCUT2D eigenvalue weighted by atomic mass is 10.1. The predicted octanol–water partition coefficient (Wildman–Crippen LogP) is 4.29. The summed E-state index contributed by atoms with van der Waals surface area (Å²) >= 11 is 0. The first-order valence-electron chi connectivity index (χ1n) is 10.2. The first-order chi connectivity index (χ1) is 15.1. The molecule has 0 spiro atoms. The summed E-state index contributed by atoms with van der Waals surface area (Å²) in [5.74, 6) is 1.14. The molecule has 8 nitrogen and oxygen atoms in total. The molecular weight excluding hydrogens is 424 g/mol. The lowest BCUT2D eigenvalue weighted by Gasteiger charge is -2.19. The Morgan fingerprint density at radius 1 is 1.12 bits per heavy atom. The van der Waals surface area contributed by atoms with Crippen molar-refractivity contribution in [2.24, 2.45) is 7.05 Å². The predicted molar refractivity (Wildman–Crippen MR) is 129 cm³/mol. The van der Waals surface area contributed by atoms with E-state index < -0.39 is 15.1 Å². The number of nitrogens with zero attached hydrogens (tertiary/aromatic N) is 5. The number of hydrogen-bond donors (Lipinski definition) is 1. The summed E-state index contributed by atoms with van der Waals surface area (Å²) in [6.07, 6.45) is 2.93. The fourth-order valence-electron chi connectivity index (χ4n) is 3.50. The minimum absolute atomic E-state index is 0.424. The number of fused-ring (bicyclic) bond motifs is 1. The summed E-state index contributed by atoms with van der Waals surface area (Å²) in [5.41, 5.74) is 4.45. The zero-order chi connectivity index (χ0) is 23.0. The number of hydrogen-bond acceptors (Lipinski definition) is 7. The molecule has 4 aromatic rings. The molecule has 32 heavy (non-hydrogen) atoms. The third kappa shape index (κ3) is 4.29. The molecule has 0 aliphatic heterocycles. The lowest BCUT2D eigenvalue weighted by Crippen LogP contribution is -2.12. The van der Waals surface area contributed by atoms with Gasteiger partial charge in [0.05, 0.1) is 10.8 Å². The van der Waals surface area contributed by atoms with Gasteiger partial charge in [-0.2, -0.15) is 10.1 Å². The molecule has 1 N–H and O–H groups in total. The second-order valence-electron chi connectivity index (χ2n) is 7.93. The van der Waals surface area contributed by atoms with Crippen LogP contribution in [-0.2, 0) is 16.9 Å². The number of benzene rings is 2. The van der Waals surface area contributed by atoms with Crippen LogP contribution in [-0.4, -0.2) is 41.5 Å². The van der Waals surface area contributed by atoms with Crippen LogP contribution in [0.4, 0.5) is 23.1 Å². The monoisotopic (exact) mass is 450 g/mol. The highest BCUT2D eigenvalue weighted by atomic mass is 32.2. The van der Waals surface area contributed by atoms with Gasteiger partial charge in [0, 0.05) is 49.0 Å². The van der Waals surface area contributed by atoms with Crippen molar-refractivity contribution in [1.82, 2.24) is 19.7 Å². The van der Waals surface area contributed by atoms with Crippen LogP contribution in [0.3, 0.4) is 0 Å². The van der Waals surface area contributed by atoms with Crippen LogP contribution in [0.2, 0.25) is 0 Å². The van der Waals surface area contributed by atoms with Crippen LogP contribution in [0.1, 0.15) is 23.4 Å². The molecule has 0 aliphatic rings. The zero-order valence-electron chi connectivity index (χ0n) is 18.7. The topological polar surface area (TPSA) is 93.0 Å². The van der Waals surface area contributed by atoms with Gasteiger partial charge in [-0.3, -0.25) is 4.68 Å². The van der Waals surface area contributed by atoms with Gasteiger partial charge in [0.15, 0.2) is 9.84 Å². The van der Waals surface area contributed by atoms with Crippen molar-refractivity contribution in [3.63, 3.8) is 0 Å². The van der Waals surface area contributed by atoms with E-state index in [0.29, 0.717) is 11.5 Å². The van der Waals surface area contributed by atoms with E-state index in [1.165, 1.54) is 6.26 Å². The van der Waals surface area contributed by atoms with Crippen LogP contribution in [0.25, 0.3) is 10.9 Å². The summed E-state index contributed by atoms with van der Waals surface area (Å²) in [6.45, 7) is 3.73. The van der Waals surface area contributed by atoms with Gasteiger partial charge in [-0.15, -0.1) is 0 Å². The Balaban J connectivity index is 1.59. The van der Waals surface area contributed by atoms with Crippen molar-refractivity contribution in [1.29, 1.82) is 0 Å². The quantitative estimate of drug-likeness (QED) is 0.468. The number of nitrogens with one attached hydrogen (secondary N) is 1. The van der Waals surface area contributed by atoms with E-state index in [9.17, 15) is 8.42 Å². The molecule has 0 saturated heterocycles. The van der Waals surface area contributed by atoms with E-state index in [0.717, 1.165) is 33.8 Å². The fraction of sp³-hybridized carbons (Fsp3) is 0.261. The van der Waals surface area contributed by atoms with Gasteiger partial charge < -0.3 is 10.2 Å².